The molecule has 6 nitrogen and oxygen atoms in total. The maximum atomic E-state index is 11.0. The summed E-state index contributed by atoms with van der Waals surface area (Å²) in [4.78, 5) is 21.6. The van der Waals surface area contributed by atoms with E-state index >= 15 is 0 Å². The average Bonchev–Trinajstić information content (AvgIpc) is 2.38. The van der Waals surface area contributed by atoms with Crippen molar-refractivity contribution in [1.29, 1.82) is 0 Å². The molecule has 0 heterocycles. The van der Waals surface area contributed by atoms with Crippen molar-refractivity contribution in [3.05, 3.63) is 62.7 Å². The average molecular weight is 307 g/mol. The lowest BCUT2D eigenvalue weighted by atomic mass is 10.3. The van der Waals surface area contributed by atoms with Gasteiger partial charge in [-0.2, -0.15) is 0 Å². The zero-order valence-corrected chi connectivity index (χ0v) is 11.5. The van der Waals surface area contributed by atoms with Gasteiger partial charge in [-0.25, -0.2) is 0 Å². The van der Waals surface area contributed by atoms with Crippen LogP contribution in [0.1, 0.15) is 0 Å². The Morgan fingerprint density at radius 3 is 2.20 bits per heavy atom. The molecular formula is C12H7N2O4S2. The summed E-state index contributed by atoms with van der Waals surface area (Å²) in [5, 5.41) is 22.0. The Morgan fingerprint density at radius 2 is 1.55 bits per heavy atom. The molecule has 8 heteroatoms. The summed E-state index contributed by atoms with van der Waals surface area (Å²) >= 11 is 5.89. The van der Waals surface area contributed by atoms with Gasteiger partial charge in [-0.05, 0) is 18.2 Å². The van der Waals surface area contributed by atoms with E-state index in [1.54, 1.807) is 24.3 Å². The van der Waals surface area contributed by atoms with Crippen molar-refractivity contribution in [3.8, 4) is 0 Å². The SMILES string of the molecule is O=[N+]([O-])c1ccccc1Sc1cccc([S])c1[N+](=O)[O-]. The largest absolute Gasteiger partial charge is 0.301 e. The van der Waals surface area contributed by atoms with Gasteiger partial charge in [-0.3, -0.25) is 20.2 Å². The van der Waals surface area contributed by atoms with Gasteiger partial charge in [-0.15, -0.1) is 0 Å². The second-order valence-electron chi connectivity index (χ2n) is 3.69. The molecule has 2 aromatic rings. The summed E-state index contributed by atoms with van der Waals surface area (Å²) in [7, 11) is 0. The molecule has 0 aliphatic rings. The molecule has 2 aromatic carbocycles. The van der Waals surface area contributed by atoms with Gasteiger partial charge < -0.3 is 0 Å². The lowest BCUT2D eigenvalue weighted by molar-refractivity contribution is -0.390. The monoisotopic (exact) mass is 307 g/mol. The first-order valence-electron chi connectivity index (χ1n) is 5.36. The molecule has 0 aliphatic heterocycles. The number of nitrogens with zero attached hydrogens (tertiary/aromatic N) is 2. The number of rotatable bonds is 4. The van der Waals surface area contributed by atoms with Crippen LogP contribution in [0.25, 0.3) is 0 Å². The molecule has 1 radical (unpaired) electrons. The first-order valence-corrected chi connectivity index (χ1v) is 6.59. The number of benzene rings is 2. The van der Waals surface area contributed by atoms with Crippen LogP contribution in [-0.4, -0.2) is 9.85 Å². The van der Waals surface area contributed by atoms with Crippen molar-refractivity contribution in [2.45, 2.75) is 14.7 Å². The minimum Gasteiger partial charge on any atom is -0.258 e. The molecule has 0 unspecified atom stereocenters. The number of hydrogen-bond acceptors (Lipinski definition) is 5. The van der Waals surface area contributed by atoms with Crippen LogP contribution in [0.15, 0.2) is 57.2 Å². The van der Waals surface area contributed by atoms with Crippen molar-refractivity contribution >= 4 is 35.8 Å². The minimum absolute atomic E-state index is 0.0958. The molecule has 0 N–H and O–H groups in total. The molecule has 0 aromatic heterocycles. The quantitative estimate of drug-likeness (QED) is 0.623. The summed E-state index contributed by atoms with van der Waals surface area (Å²) in [6, 6.07) is 10.6. The molecule has 0 saturated heterocycles. The maximum absolute atomic E-state index is 11.0. The van der Waals surface area contributed by atoms with Crippen LogP contribution in [-0.2, 0) is 0 Å². The molecule has 0 amide bonds. The molecule has 0 fully saturated rings. The van der Waals surface area contributed by atoms with Crippen LogP contribution in [0.5, 0.6) is 0 Å². The van der Waals surface area contributed by atoms with Crippen LogP contribution in [0.2, 0.25) is 0 Å². The standard InChI is InChI=1S/C12H7N2O4S2/c15-13(16)8-4-1-2-6-10(8)20-11-7-3-5-9(19)12(11)14(17)18/h1-7H. The van der Waals surface area contributed by atoms with Crippen molar-refractivity contribution in [2.24, 2.45) is 0 Å². The third-order valence-electron chi connectivity index (χ3n) is 2.43. The summed E-state index contributed by atoms with van der Waals surface area (Å²) < 4.78 is 0. The summed E-state index contributed by atoms with van der Waals surface area (Å²) in [5.74, 6) is 0. The molecule has 0 bridgehead atoms. The predicted octanol–water partition coefficient (Wildman–Crippen LogP) is 4.21. The van der Waals surface area contributed by atoms with Gasteiger partial charge in [-0.1, -0.05) is 42.6 Å². The Kier molecular flexibility index (Phi) is 4.16. The minimum atomic E-state index is -0.570. The number of hydrogen-bond donors (Lipinski definition) is 0. The topological polar surface area (TPSA) is 86.3 Å². The zero-order valence-electron chi connectivity index (χ0n) is 9.89. The Labute approximate surface area is 123 Å². The normalized spacial score (nSPS) is 10.2. The maximum Gasteiger partial charge on any atom is 0.301 e. The Bertz CT molecular complexity index is 691. The second-order valence-corrected chi connectivity index (χ2v) is 5.21. The molecule has 2 rings (SSSR count). The van der Waals surface area contributed by atoms with Crippen LogP contribution in [0.3, 0.4) is 0 Å². The van der Waals surface area contributed by atoms with Crippen LogP contribution in [0, 0.1) is 20.2 Å². The molecule has 0 saturated carbocycles. The van der Waals surface area contributed by atoms with E-state index < -0.39 is 9.85 Å². The van der Waals surface area contributed by atoms with Gasteiger partial charge >= 0.3 is 5.69 Å². The van der Waals surface area contributed by atoms with Gasteiger partial charge in [0.15, 0.2) is 0 Å². The van der Waals surface area contributed by atoms with Crippen molar-refractivity contribution in [3.63, 3.8) is 0 Å². The van der Waals surface area contributed by atoms with Crippen LogP contribution >= 0.6 is 24.4 Å². The highest BCUT2D eigenvalue weighted by Gasteiger charge is 2.22. The fourth-order valence-corrected chi connectivity index (χ4v) is 2.96. The second kappa shape index (κ2) is 5.85. The highest BCUT2D eigenvalue weighted by atomic mass is 32.2. The summed E-state index contributed by atoms with van der Waals surface area (Å²) in [6.07, 6.45) is 0. The third kappa shape index (κ3) is 2.86. The van der Waals surface area contributed by atoms with E-state index in [0.717, 1.165) is 11.8 Å². The first-order chi connectivity index (χ1) is 9.50. The van der Waals surface area contributed by atoms with Crippen LogP contribution < -0.4 is 0 Å². The summed E-state index contributed by atoms with van der Waals surface area (Å²) in [6.45, 7) is 0. The van der Waals surface area contributed by atoms with Crippen molar-refractivity contribution in [1.82, 2.24) is 0 Å². The number of nitro groups is 2. The van der Waals surface area contributed by atoms with E-state index in [1.165, 1.54) is 18.2 Å². The first kappa shape index (κ1) is 14.2. The number of nitro benzene ring substituents is 2. The van der Waals surface area contributed by atoms with Crippen molar-refractivity contribution in [2.75, 3.05) is 0 Å². The van der Waals surface area contributed by atoms with E-state index in [-0.39, 0.29) is 21.2 Å². The van der Waals surface area contributed by atoms with E-state index in [2.05, 4.69) is 0 Å². The molecule has 0 atom stereocenters. The van der Waals surface area contributed by atoms with Gasteiger partial charge in [0.1, 0.15) is 4.90 Å². The van der Waals surface area contributed by atoms with Gasteiger partial charge in [0.25, 0.3) is 5.69 Å². The van der Waals surface area contributed by atoms with E-state index in [0.29, 0.717) is 4.90 Å². The van der Waals surface area contributed by atoms with Gasteiger partial charge in [0.05, 0.1) is 19.6 Å². The number of para-hydroxylation sites is 2. The molecule has 0 aliphatic carbocycles. The lowest BCUT2D eigenvalue weighted by Gasteiger charge is -2.04. The fraction of sp³-hybridized carbons (Fsp3) is 0. The molecular weight excluding hydrogens is 300 g/mol. The Balaban J connectivity index is 2.49. The molecule has 101 valence electrons. The highest BCUT2D eigenvalue weighted by molar-refractivity contribution is 7.99. The predicted molar refractivity (Wildman–Crippen MR) is 76.2 cm³/mol. The molecule has 20 heavy (non-hydrogen) atoms. The highest BCUT2D eigenvalue weighted by Crippen LogP contribution is 2.41. The molecule has 0 spiro atoms. The lowest BCUT2D eigenvalue weighted by Crippen LogP contribution is -1.94. The van der Waals surface area contributed by atoms with Gasteiger partial charge in [0.2, 0.25) is 0 Å². The summed E-state index contributed by atoms with van der Waals surface area (Å²) in [5.41, 5.74) is -0.299. The van der Waals surface area contributed by atoms with E-state index in [4.69, 9.17) is 12.6 Å². The third-order valence-corrected chi connectivity index (χ3v) is 3.87. The van der Waals surface area contributed by atoms with E-state index in [9.17, 15) is 20.2 Å². The Hall–Kier alpha value is -2.19. The Morgan fingerprint density at radius 1 is 0.900 bits per heavy atom. The van der Waals surface area contributed by atoms with Gasteiger partial charge in [0, 0.05) is 6.07 Å². The van der Waals surface area contributed by atoms with Crippen LogP contribution in [0.4, 0.5) is 11.4 Å². The van der Waals surface area contributed by atoms with Crippen molar-refractivity contribution < 1.29 is 9.85 Å². The van der Waals surface area contributed by atoms with E-state index in [1.807, 2.05) is 0 Å². The fourth-order valence-electron chi connectivity index (χ4n) is 1.58. The smallest absolute Gasteiger partial charge is 0.258 e. The zero-order chi connectivity index (χ0) is 14.7.